The smallest absolute Gasteiger partial charge is 0.338 e. The number of benzene rings is 2. The minimum Gasteiger partial charge on any atom is -0.457 e. The highest BCUT2D eigenvalue weighted by atomic mass is 16.6. The summed E-state index contributed by atoms with van der Waals surface area (Å²) in [5, 5.41) is 0. The topological polar surface area (TPSA) is 80.3 Å². The highest BCUT2D eigenvalue weighted by Gasteiger charge is 2.12. The minimum atomic E-state index is -0.367. The number of carbonyl (C=O) groups excluding carboxylic acids is 2. The van der Waals surface area contributed by atoms with Crippen LogP contribution in [0.1, 0.15) is 34.6 Å². The molecule has 0 amide bonds. The molecule has 0 saturated carbocycles. The van der Waals surface area contributed by atoms with E-state index >= 15 is 0 Å². The minimum absolute atomic E-state index is 0.294. The van der Waals surface area contributed by atoms with Crippen LogP contribution in [0.2, 0.25) is 0 Å². The van der Waals surface area contributed by atoms with Crippen LogP contribution in [0.15, 0.2) is 60.7 Å². The maximum atomic E-state index is 11.9. The highest BCUT2D eigenvalue weighted by Crippen LogP contribution is 2.05. The highest BCUT2D eigenvalue weighted by molar-refractivity contribution is 5.89. The SMILES string of the molecule is CC(COCCOCCOCC(C)OC(=O)c1ccccc1)OC(=O)c1ccccc1. The molecule has 0 saturated heterocycles. The van der Waals surface area contributed by atoms with Gasteiger partial charge in [0.1, 0.15) is 12.2 Å². The molecular weight excluding hydrogens is 400 g/mol. The fourth-order valence-corrected chi connectivity index (χ4v) is 2.55. The lowest BCUT2D eigenvalue weighted by Crippen LogP contribution is -2.22. The van der Waals surface area contributed by atoms with Gasteiger partial charge in [-0.05, 0) is 38.1 Å². The van der Waals surface area contributed by atoms with Crippen LogP contribution in [0.4, 0.5) is 0 Å². The van der Waals surface area contributed by atoms with Gasteiger partial charge in [-0.25, -0.2) is 9.59 Å². The molecule has 0 bridgehead atoms. The van der Waals surface area contributed by atoms with Gasteiger partial charge in [0.25, 0.3) is 0 Å². The van der Waals surface area contributed by atoms with Crippen molar-refractivity contribution < 1.29 is 33.3 Å². The Bertz CT molecular complexity index is 699. The first-order valence-electron chi connectivity index (χ1n) is 10.3. The van der Waals surface area contributed by atoms with Crippen molar-refractivity contribution in [2.45, 2.75) is 26.1 Å². The van der Waals surface area contributed by atoms with Crippen LogP contribution in [0.3, 0.4) is 0 Å². The van der Waals surface area contributed by atoms with E-state index in [1.807, 2.05) is 12.1 Å². The van der Waals surface area contributed by atoms with Gasteiger partial charge in [-0.1, -0.05) is 36.4 Å². The predicted octanol–water partition coefficient (Wildman–Crippen LogP) is 3.53. The van der Waals surface area contributed by atoms with Crippen molar-refractivity contribution in [2.75, 3.05) is 39.6 Å². The summed E-state index contributed by atoms with van der Waals surface area (Å²) in [5.41, 5.74) is 1.03. The zero-order valence-electron chi connectivity index (χ0n) is 18.0. The molecule has 7 heteroatoms. The quantitative estimate of drug-likeness (QED) is 0.335. The van der Waals surface area contributed by atoms with E-state index in [-0.39, 0.29) is 24.1 Å². The predicted molar refractivity (Wildman–Crippen MR) is 115 cm³/mol. The van der Waals surface area contributed by atoms with Crippen molar-refractivity contribution in [2.24, 2.45) is 0 Å². The fourth-order valence-electron chi connectivity index (χ4n) is 2.55. The number of hydrogen-bond acceptors (Lipinski definition) is 7. The average Bonchev–Trinajstić information content (AvgIpc) is 2.79. The normalized spacial score (nSPS) is 12.7. The van der Waals surface area contributed by atoms with Crippen molar-refractivity contribution in [1.29, 1.82) is 0 Å². The number of hydrogen-bond donors (Lipinski definition) is 0. The molecule has 0 spiro atoms. The van der Waals surface area contributed by atoms with Crippen LogP contribution in [0.5, 0.6) is 0 Å². The van der Waals surface area contributed by atoms with Crippen molar-refractivity contribution in [3.05, 3.63) is 71.8 Å². The van der Waals surface area contributed by atoms with Gasteiger partial charge in [-0.2, -0.15) is 0 Å². The second-order valence-electron chi connectivity index (χ2n) is 6.93. The molecule has 0 fully saturated rings. The molecule has 168 valence electrons. The van der Waals surface area contributed by atoms with Gasteiger partial charge in [0.2, 0.25) is 0 Å². The first kappa shape index (κ1) is 24.5. The van der Waals surface area contributed by atoms with E-state index < -0.39 is 0 Å². The third-order valence-electron chi connectivity index (χ3n) is 4.08. The van der Waals surface area contributed by atoms with E-state index in [1.54, 1.807) is 62.4 Å². The second kappa shape index (κ2) is 14.3. The molecule has 0 aliphatic heterocycles. The van der Waals surface area contributed by atoms with Crippen LogP contribution in [0, 0.1) is 0 Å². The molecule has 0 aromatic heterocycles. The van der Waals surface area contributed by atoms with Gasteiger partial charge < -0.3 is 23.7 Å². The van der Waals surface area contributed by atoms with Gasteiger partial charge in [0, 0.05) is 0 Å². The summed E-state index contributed by atoms with van der Waals surface area (Å²) in [6.45, 7) is 5.73. The Hall–Kier alpha value is -2.74. The van der Waals surface area contributed by atoms with Gasteiger partial charge >= 0.3 is 11.9 Å². The van der Waals surface area contributed by atoms with E-state index in [4.69, 9.17) is 23.7 Å². The molecular formula is C24H30O7. The van der Waals surface area contributed by atoms with Crippen molar-refractivity contribution in [3.63, 3.8) is 0 Å². The maximum Gasteiger partial charge on any atom is 0.338 e. The van der Waals surface area contributed by atoms with Crippen LogP contribution >= 0.6 is 0 Å². The number of rotatable bonds is 14. The summed E-state index contributed by atoms with van der Waals surface area (Å²) in [6, 6.07) is 17.7. The molecule has 0 aliphatic rings. The van der Waals surface area contributed by atoms with Crippen LogP contribution < -0.4 is 0 Å². The van der Waals surface area contributed by atoms with Crippen molar-refractivity contribution >= 4 is 11.9 Å². The second-order valence-corrected chi connectivity index (χ2v) is 6.93. The molecule has 2 unspecified atom stereocenters. The Balaban J connectivity index is 1.43. The van der Waals surface area contributed by atoms with Gasteiger partial charge in [-0.15, -0.1) is 0 Å². The van der Waals surface area contributed by atoms with E-state index in [2.05, 4.69) is 0 Å². The van der Waals surface area contributed by atoms with Gasteiger partial charge in [-0.3, -0.25) is 0 Å². The van der Waals surface area contributed by atoms with Crippen molar-refractivity contribution in [3.8, 4) is 0 Å². The molecule has 2 atom stereocenters. The van der Waals surface area contributed by atoms with Crippen LogP contribution in [-0.4, -0.2) is 63.8 Å². The summed E-state index contributed by atoms with van der Waals surface area (Å²) in [7, 11) is 0. The number of carbonyl (C=O) groups is 2. The summed E-state index contributed by atoms with van der Waals surface area (Å²) < 4.78 is 27.0. The first-order chi connectivity index (χ1) is 15.1. The Kier molecular flexibility index (Phi) is 11.3. The summed E-state index contributed by atoms with van der Waals surface area (Å²) in [5.74, 6) is -0.734. The van der Waals surface area contributed by atoms with Crippen LogP contribution in [0.25, 0.3) is 0 Å². The van der Waals surface area contributed by atoms with Crippen molar-refractivity contribution in [1.82, 2.24) is 0 Å². The lowest BCUT2D eigenvalue weighted by atomic mass is 10.2. The molecule has 0 heterocycles. The lowest BCUT2D eigenvalue weighted by Gasteiger charge is -2.14. The van der Waals surface area contributed by atoms with Gasteiger partial charge in [0.15, 0.2) is 0 Å². The van der Waals surface area contributed by atoms with Crippen LogP contribution in [-0.2, 0) is 23.7 Å². The zero-order chi connectivity index (χ0) is 22.3. The fraction of sp³-hybridized carbons (Fsp3) is 0.417. The molecule has 2 aromatic rings. The molecule has 0 aliphatic carbocycles. The largest absolute Gasteiger partial charge is 0.457 e. The molecule has 2 rings (SSSR count). The standard InChI is InChI=1S/C24H30O7/c1-19(30-23(25)21-9-5-3-6-10-21)17-28-15-13-27-14-16-29-18-20(2)31-24(26)22-11-7-4-8-12-22/h3-12,19-20H,13-18H2,1-2H3. The molecule has 0 N–H and O–H groups in total. The maximum absolute atomic E-state index is 11.9. The Morgan fingerprint density at radius 2 is 0.968 bits per heavy atom. The molecule has 7 nitrogen and oxygen atoms in total. The zero-order valence-corrected chi connectivity index (χ0v) is 18.0. The molecule has 2 aromatic carbocycles. The third kappa shape index (κ3) is 10.2. The summed E-state index contributed by atoms with van der Waals surface area (Å²) in [6.07, 6.45) is -0.702. The average molecular weight is 430 g/mol. The summed E-state index contributed by atoms with van der Waals surface area (Å²) in [4.78, 5) is 23.9. The van der Waals surface area contributed by atoms with Gasteiger partial charge in [0.05, 0.1) is 50.8 Å². The lowest BCUT2D eigenvalue weighted by molar-refractivity contribution is -0.0292. The Labute approximate surface area is 183 Å². The molecule has 0 radical (unpaired) electrons. The molecule has 31 heavy (non-hydrogen) atoms. The van der Waals surface area contributed by atoms with E-state index in [0.717, 1.165) is 0 Å². The van der Waals surface area contributed by atoms with E-state index in [1.165, 1.54) is 0 Å². The monoisotopic (exact) mass is 430 g/mol. The Morgan fingerprint density at radius 1 is 0.613 bits per heavy atom. The number of ether oxygens (including phenoxy) is 5. The first-order valence-corrected chi connectivity index (χ1v) is 10.3. The Morgan fingerprint density at radius 3 is 1.35 bits per heavy atom. The third-order valence-corrected chi connectivity index (χ3v) is 4.08. The van der Waals surface area contributed by atoms with E-state index in [0.29, 0.717) is 50.8 Å². The summed E-state index contributed by atoms with van der Waals surface area (Å²) >= 11 is 0. The number of esters is 2. The van der Waals surface area contributed by atoms with E-state index in [9.17, 15) is 9.59 Å².